The third-order valence-corrected chi connectivity index (χ3v) is 10.0. The molecule has 0 bridgehead atoms. The second-order valence-electron chi connectivity index (χ2n) is 14.5. The Labute approximate surface area is 331 Å². The smallest absolute Gasteiger partial charge is 0.300 e. The Morgan fingerprint density at radius 1 is 0.574 bits per heavy atom. The normalized spacial score (nSPS) is 11.5. The van der Waals surface area contributed by atoms with E-state index in [4.69, 9.17) is 9.97 Å². The number of fused-ring (bicyclic) bond motifs is 2. The van der Waals surface area contributed by atoms with Crippen LogP contribution in [0.4, 0.5) is 0 Å². The number of aromatic nitrogens is 3. The molecule has 0 aliphatic heterocycles. The van der Waals surface area contributed by atoms with Gasteiger partial charge in [0.15, 0.2) is 0 Å². The molecule has 0 saturated heterocycles. The molecule has 9 aromatic rings. The molecule has 3 nitrogen and oxygen atoms in total. The van der Waals surface area contributed by atoms with Gasteiger partial charge in [0.05, 0.1) is 16.7 Å². The molecule has 0 N–H and O–H groups in total. The summed E-state index contributed by atoms with van der Waals surface area (Å²) >= 11 is 0. The molecule has 0 spiro atoms. The number of pyridine rings is 1. The van der Waals surface area contributed by atoms with Gasteiger partial charge in [-0.3, -0.25) is 4.98 Å². The van der Waals surface area contributed by atoms with E-state index in [-0.39, 0.29) is 26.5 Å². The summed E-state index contributed by atoms with van der Waals surface area (Å²) in [6.45, 7) is 6.81. The van der Waals surface area contributed by atoms with Crippen LogP contribution in [0.3, 0.4) is 0 Å². The fraction of sp³-hybridized carbons (Fsp3) is 0.0800. The molecule has 0 amide bonds. The van der Waals surface area contributed by atoms with Crippen molar-refractivity contribution in [3.05, 3.63) is 188 Å². The van der Waals surface area contributed by atoms with Gasteiger partial charge in [0.2, 0.25) is 0 Å². The Hall–Kier alpha value is -5.89. The van der Waals surface area contributed by atoms with E-state index in [1.807, 2.05) is 24.4 Å². The van der Waals surface area contributed by atoms with Crippen molar-refractivity contribution in [2.24, 2.45) is 0 Å². The van der Waals surface area contributed by atoms with Crippen LogP contribution in [0.25, 0.3) is 83.5 Å². The van der Waals surface area contributed by atoms with Crippen LogP contribution in [-0.2, 0) is 26.5 Å². The maximum atomic E-state index is 5.56. The number of rotatable bonds is 6. The Morgan fingerprint density at radius 2 is 1.28 bits per heavy atom. The summed E-state index contributed by atoms with van der Waals surface area (Å²) in [7, 11) is 0. The third kappa shape index (κ3) is 6.50. The van der Waals surface area contributed by atoms with Crippen molar-refractivity contribution in [1.82, 2.24) is 14.5 Å². The van der Waals surface area contributed by atoms with E-state index in [1.54, 1.807) is 0 Å². The standard InChI is InChI=1S/C50H37N3.Pt/c1-50(2,3)40-27-28-46(44(33-40)36-17-8-5-9-18-36)53-47-26-14-24-42(48(47)52-49(53)43-25-13-20-35-19-10-11-23-41(35)43)38-21-12-22-39(31-38)45-32-37(29-30-51-45)34-15-6-4-7-16-34;/h4-22,24-30,32-33H,1-3H3;/q-2;+2. The number of imidazole rings is 1. The van der Waals surface area contributed by atoms with Crippen LogP contribution in [0.2, 0.25) is 0 Å². The molecule has 54 heavy (non-hydrogen) atoms. The molecule has 0 radical (unpaired) electrons. The zero-order valence-corrected chi connectivity index (χ0v) is 32.6. The van der Waals surface area contributed by atoms with Crippen molar-refractivity contribution in [1.29, 1.82) is 0 Å². The first-order valence-electron chi connectivity index (χ1n) is 18.1. The van der Waals surface area contributed by atoms with Gasteiger partial charge >= 0.3 is 21.1 Å². The van der Waals surface area contributed by atoms with E-state index in [9.17, 15) is 0 Å². The van der Waals surface area contributed by atoms with E-state index in [2.05, 4.69) is 183 Å². The van der Waals surface area contributed by atoms with Crippen LogP contribution in [0.5, 0.6) is 0 Å². The fourth-order valence-corrected chi connectivity index (χ4v) is 7.29. The van der Waals surface area contributed by atoms with Crippen LogP contribution >= 0.6 is 0 Å². The number of hydrogen-bond acceptors (Lipinski definition) is 2. The molecule has 9 rings (SSSR count). The summed E-state index contributed by atoms with van der Waals surface area (Å²) in [6, 6.07) is 64.8. The average Bonchev–Trinajstić information content (AvgIpc) is 3.60. The first-order chi connectivity index (χ1) is 25.9. The fourth-order valence-electron chi connectivity index (χ4n) is 7.29. The molecule has 2 heterocycles. The van der Waals surface area contributed by atoms with Gasteiger partial charge in [0.25, 0.3) is 0 Å². The molecule has 262 valence electrons. The second kappa shape index (κ2) is 14.5. The minimum Gasteiger partial charge on any atom is -0.300 e. The van der Waals surface area contributed by atoms with Crippen molar-refractivity contribution < 1.29 is 21.1 Å². The summed E-state index contributed by atoms with van der Waals surface area (Å²) in [5.41, 5.74) is 13.7. The first kappa shape index (κ1) is 35.2. The maximum absolute atomic E-state index is 5.56. The Bertz CT molecular complexity index is 2750. The van der Waals surface area contributed by atoms with Gasteiger partial charge in [0, 0.05) is 17.5 Å². The van der Waals surface area contributed by atoms with Gasteiger partial charge in [-0.2, -0.15) is 0 Å². The number of nitrogens with zero attached hydrogens (tertiary/aromatic N) is 3. The Morgan fingerprint density at radius 3 is 2.07 bits per heavy atom. The summed E-state index contributed by atoms with van der Waals surface area (Å²) in [6.07, 6.45) is 1.88. The van der Waals surface area contributed by atoms with E-state index >= 15 is 0 Å². The zero-order valence-electron chi connectivity index (χ0n) is 30.3. The molecule has 0 atom stereocenters. The molecular formula is C50H37N3Pt. The minimum absolute atomic E-state index is 0. The van der Waals surface area contributed by atoms with Crippen LogP contribution < -0.4 is 0 Å². The molecule has 0 fully saturated rings. The molecule has 0 saturated carbocycles. The molecule has 0 aliphatic carbocycles. The number of para-hydroxylation sites is 1. The SMILES string of the molecule is CC(C)(C)c1ccc(-n2c(-c3cccc4ccc[c-]c34)nc3c(-c4[c-]c(-c5cc(-c6ccccc6)ccn5)ccc4)cccc32)c(-c2ccccc2)c1.[Pt+2]. The van der Waals surface area contributed by atoms with Crippen molar-refractivity contribution in [3.8, 4) is 61.7 Å². The van der Waals surface area contributed by atoms with Crippen LogP contribution in [0, 0.1) is 12.1 Å². The Kier molecular flexibility index (Phi) is 9.44. The molecule has 2 aromatic heterocycles. The first-order valence-corrected chi connectivity index (χ1v) is 18.1. The van der Waals surface area contributed by atoms with Gasteiger partial charge < -0.3 is 4.57 Å². The van der Waals surface area contributed by atoms with Crippen molar-refractivity contribution in [2.75, 3.05) is 0 Å². The summed E-state index contributed by atoms with van der Waals surface area (Å²) in [5, 5.41) is 2.17. The van der Waals surface area contributed by atoms with Crippen molar-refractivity contribution in [2.45, 2.75) is 26.2 Å². The molecule has 7 aromatic carbocycles. The van der Waals surface area contributed by atoms with E-state index in [1.165, 1.54) is 5.56 Å². The number of hydrogen-bond donors (Lipinski definition) is 0. The van der Waals surface area contributed by atoms with Gasteiger partial charge in [-0.15, -0.1) is 64.9 Å². The van der Waals surface area contributed by atoms with Gasteiger partial charge in [-0.1, -0.05) is 141 Å². The predicted molar refractivity (Wildman–Crippen MR) is 220 cm³/mol. The molecule has 4 heteroatoms. The van der Waals surface area contributed by atoms with E-state index < -0.39 is 0 Å². The average molecular weight is 875 g/mol. The zero-order chi connectivity index (χ0) is 35.9. The number of benzene rings is 7. The van der Waals surface area contributed by atoms with E-state index in [0.717, 1.165) is 83.5 Å². The summed E-state index contributed by atoms with van der Waals surface area (Å²) in [4.78, 5) is 10.3. The monoisotopic (exact) mass is 874 g/mol. The Balaban J connectivity index is 0.00000413. The van der Waals surface area contributed by atoms with Gasteiger partial charge in [-0.25, -0.2) is 4.98 Å². The summed E-state index contributed by atoms with van der Waals surface area (Å²) < 4.78 is 2.35. The van der Waals surface area contributed by atoms with Crippen LogP contribution in [0.15, 0.2) is 170 Å². The van der Waals surface area contributed by atoms with Gasteiger partial charge in [0.1, 0.15) is 5.82 Å². The molecular weight excluding hydrogens is 838 g/mol. The van der Waals surface area contributed by atoms with Gasteiger partial charge in [-0.05, 0) is 51.9 Å². The second-order valence-corrected chi connectivity index (χ2v) is 14.5. The molecule has 0 unspecified atom stereocenters. The van der Waals surface area contributed by atoms with Crippen molar-refractivity contribution >= 4 is 21.8 Å². The predicted octanol–water partition coefficient (Wildman–Crippen LogP) is 12.8. The van der Waals surface area contributed by atoms with E-state index in [0.29, 0.717) is 0 Å². The third-order valence-electron chi connectivity index (χ3n) is 10.0. The maximum Gasteiger partial charge on any atom is 2.00 e. The summed E-state index contributed by atoms with van der Waals surface area (Å²) in [5.74, 6) is 0.870. The largest absolute Gasteiger partial charge is 2.00 e. The topological polar surface area (TPSA) is 30.7 Å². The molecule has 0 aliphatic rings. The van der Waals surface area contributed by atoms with Crippen LogP contribution in [-0.4, -0.2) is 14.5 Å². The van der Waals surface area contributed by atoms with Crippen LogP contribution in [0.1, 0.15) is 26.3 Å². The quantitative estimate of drug-likeness (QED) is 0.156. The van der Waals surface area contributed by atoms with Crippen molar-refractivity contribution in [3.63, 3.8) is 0 Å². The minimum atomic E-state index is -0.0179.